The fourth-order valence-electron chi connectivity index (χ4n) is 2.01. The van der Waals surface area contributed by atoms with Crippen LogP contribution in [-0.4, -0.2) is 18.7 Å². The molecule has 0 aliphatic heterocycles. The number of nitrogens with zero attached hydrogens (tertiary/aromatic N) is 1. The van der Waals surface area contributed by atoms with E-state index in [4.69, 9.17) is 4.74 Å². The highest BCUT2D eigenvalue weighted by Crippen LogP contribution is 2.22. The van der Waals surface area contributed by atoms with Gasteiger partial charge < -0.3 is 4.74 Å². The molecule has 2 aromatic carbocycles. The molecule has 0 heterocycles. The fraction of sp³-hybridized carbons (Fsp3) is 0.222. The Morgan fingerprint density at radius 2 is 2.09 bits per heavy atom. The van der Waals surface area contributed by atoms with Crippen molar-refractivity contribution in [3.05, 3.63) is 63.6 Å². The van der Waals surface area contributed by atoms with Gasteiger partial charge in [-0.2, -0.15) is 5.10 Å². The van der Waals surface area contributed by atoms with Crippen LogP contribution in [0.3, 0.4) is 0 Å². The van der Waals surface area contributed by atoms with E-state index in [1.54, 1.807) is 12.3 Å². The number of carbonyl (C=O) groups excluding carboxylic acids is 1. The topological polar surface area (TPSA) is 50.7 Å². The van der Waals surface area contributed by atoms with E-state index in [9.17, 15) is 4.79 Å². The van der Waals surface area contributed by atoms with Crippen molar-refractivity contribution < 1.29 is 9.53 Å². The number of nitrogens with one attached hydrogen (secondary N) is 1. The van der Waals surface area contributed by atoms with Gasteiger partial charge in [0, 0.05) is 15.6 Å². The molecule has 0 aliphatic carbocycles. The highest BCUT2D eigenvalue weighted by molar-refractivity contribution is 9.10. The smallest absolute Gasteiger partial charge is 0.271 e. The maximum absolute atomic E-state index is 12.1. The van der Waals surface area contributed by atoms with E-state index in [-0.39, 0.29) is 5.91 Å². The van der Waals surface area contributed by atoms with Crippen LogP contribution >= 0.6 is 15.9 Å². The fourth-order valence-corrected chi connectivity index (χ4v) is 2.39. The Hall–Kier alpha value is -2.14. The van der Waals surface area contributed by atoms with Crippen LogP contribution in [0.4, 0.5) is 0 Å². The van der Waals surface area contributed by atoms with Crippen LogP contribution in [0.25, 0.3) is 0 Å². The lowest BCUT2D eigenvalue weighted by molar-refractivity contribution is 0.0954. The van der Waals surface area contributed by atoms with Gasteiger partial charge in [-0.25, -0.2) is 5.43 Å². The first-order chi connectivity index (χ1) is 11.1. The third-order valence-corrected chi connectivity index (χ3v) is 3.69. The van der Waals surface area contributed by atoms with Gasteiger partial charge in [0.25, 0.3) is 5.91 Å². The molecule has 0 saturated carbocycles. The van der Waals surface area contributed by atoms with Gasteiger partial charge in [-0.1, -0.05) is 41.1 Å². The summed E-state index contributed by atoms with van der Waals surface area (Å²) < 4.78 is 6.60. The highest BCUT2D eigenvalue weighted by atomic mass is 79.9. The molecule has 120 valence electrons. The molecular weight excluding hydrogens is 356 g/mol. The highest BCUT2D eigenvalue weighted by Gasteiger charge is 2.07. The van der Waals surface area contributed by atoms with E-state index in [1.807, 2.05) is 43.3 Å². The molecule has 0 fully saturated rings. The number of halogens is 1. The number of benzene rings is 2. The summed E-state index contributed by atoms with van der Waals surface area (Å²) in [7, 11) is 0. The maximum Gasteiger partial charge on any atom is 0.271 e. The summed E-state index contributed by atoms with van der Waals surface area (Å²) in [5.41, 5.74) is 4.88. The zero-order valence-electron chi connectivity index (χ0n) is 13.2. The maximum atomic E-state index is 12.1. The van der Waals surface area contributed by atoms with E-state index in [1.165, 1.54) is 0 Å². The lowest BCUT2D eigenvalue weighted by Gasteiger charge is -2.08. The van der Waals surface area contributed by atoms with Crippen LogP contribution in [0.15, 0.2) is 52.0 Å². The van der Waals surface area contributed by atoms with Gasteiger partial charge >= 0.3 is 0 Å². The zero-order valence-corrected chi connectivity index (χ0v) is 14.8. The minimum atomic E-state index is -0.231. The second kappa shape index (κ2) is 8.48. The first-order valence-electron chi connectivity index (χ1n) is 7.43. The Morgan fingerprint density at radius 1 is 1.30 bits per heavy atom. The van der Waals surface area contributed by atoms with Gasteiger partial charge in [-0.3, -0.25) is 4.79 Å². The van der Waals surface area contributed by atoms with Crippen molar-refractivity contribution in [2.24, 2.45) is 5.10 Å². The molecule has 0 aromatic heterocycles. The number of ether oxygens (including phenoxy) is 1. The van der Waals surface area contributed by atoms with Crippen molar-refractivity contribution in [3.8, 4) is 5.75 Å². The van der Waals surface area contributed by atoms with Crippen LogP contribution in [0.2, 0.25) is 0 Å². The van der Waals surface area contributed by atoms with Crippen LogP contribution in [0, 0.1) is 6.92 Å². The minimum absolute atomic E-state index is 0.231. The van der Waals surface area contributed by atoms with Gasteiger partial charge in [-0.05, 0) is 43.2 Å². The number of amides is 1. The molecule has 5 heteroatoms. The van der Waals surface area contributed by atoms with Crippen molar-refractivity contribution in [2.45, 2.75) is 20.3 Å². The van der Waals surface area contributed by atoms with E-state index in [0.29, 0.717) is 12.2 Å². The van der Waals surface area contributed by atoms with Crippen LogP contribution in [0.5, 0.6) is 5.75 Å². The number of rotatable bonds is 6. The third kappa shape index (κ3) is 4.93. The first-order valence-corrected chi connectivity index (χ1v) is 8.22. The summed E-state index contributed by atoms with van der Waals surface area (Å²) in [5, 5.41) is 4.04. The van der Waals surface area contributed by atoms with Crippen molar-refractivity contribution in [2.75, 3.05) is 6.61 Å². The van der Waals surface area contributed by atoms with Gasteiger partial charge in [-0.15, -0.1) is 0 Å². The van der Waals surface area contributed by atoms with Gasteiger partial charge in [0.05, 0.1) is 12.8 Å². The quantitative estimate of drug-likeness (QED) is 0.604. The van der Waals surface area contributed by atoms with E-state index in [0.717, 1.165) is 27.8 Å². The zero-order chi connectivity index (χ0) is 16.7. The van der Waals surface area contributed by atoms with Crippen LogP contribution < -0.4 is 10.2 Å². The summed E-state index contributed by atoms with van der Waals surface area (Å²) in [6.07, 6.45) is 2.52. The molecule has 0 aliphatic rings. The second-order valence-corrected chi connectivity index (χ2v) is 5.96. The molecule has 23 heavy (non-hydrogen) atoms. The Balaban J connectivity index is 2.09. The van der Waals surface area contributed by atoms with E-state index < -0.39 is 0 Å². The van der Waals surface area contributed by atoms with Crippen molar-refractivity contribution in [1.29, 1.82) is 0 Å². The number of hydrogen-bond acceptors (Lipinski definition) is 3. The molecule has 0 bridgehead atoms. The molecule has 4 nitrogen and oxygen atoms in total. The van der Waals surface area contributed by atoms with Crippen molar-refractivity contribution >= 4 is 28.1 Å². The third-order valence-electron chi connectivity index (χ3n) is 3.19. The minimum Gasteiger partial charge on any atom is -0.493 e. The molecule has 0 atom stereocenters. The van der Waals surface area contributed by atoms with Crippen molar-refractivity contribution in [1.82, 2.24) is 5.43 Å². The number of aryl methyl sites for hydroxylation is 1. The Kier molecular flexibility index (Phi) is 6.35. The Labute approximate surface area is 144 Å². The van der Waals surface area contributed by atoms with Gasteiger partial charge in [0.1, 0.15) is 5.75 Å². The standard InChI is InChI=1S/C18H19BrN2O2/c1-3-10-23-17-9-8-15(19)11-14(17)12-20-21-18(22)16-7-5-4-6-13(16)2/h4-9,11-12H,3,10H2,1-2H3,(H,21,22)/b20-12+. The molecular formula is C18H19BrN2O2. The average Bonchev–Trinajstić information content (AvgIpc) is 2.54. The number of hydrazone groups is 1. The summed E-state index contributed by atoms with van der Waals surface area (Å²) in [5.74, 6) is 0.509. The molecule has 1 N–H and O–H groups in total. The predicted molar refractivity (Wildman–Crippen MR) is 96.2 cm³/mol. The second-order valence-electron chi connectivity index (χ2n) is 5.04. The number of carbonyl (C=O) groups is 1. The van der Waals surface area contributed by atoms with Crippen LogP contribution in [0.1, 0.15) is 34.8 Å². The molecule has 0 radical (unpaired) electrons. The van der Waals surface area contributed by atoms with Gasteiger partial charge in [0.2, 0.25) is 0 Å². The molecule has 0 saturated heterocycles. The Morgan fingerprint density at radius 3 is 2.83 bits per heavy atom. The summed E-state index contributed by atoms with van der Waals surface area (Å²) in [6, 6.07) is 13.1. The predicted octanol–water partition coefficient (Wildman–Crippen LogP) is 4.31. The molecule has 0 spiro atoms. The van der Waals surface area contributed by atoms with Crippen LogP contribution in [-0.2, 0) is 0 Å². The number of hydrogen-bond donors (Lipinski definition) is 1. The summed E-state index contributed by atoms with van der Waals surface area (Å²) in [4.78, 5) is 12.1. The normalized spacial score (nSPS) is 10.7. The largest absolute Gasteiger partial charge is 0.493 e. The molecule has 2 aromatic rings. The summed E-state index contributed by atoms with van der Waals surface area (Å²) in [6.45, 7) is 4.58. The molecule has 1 amide bonds. The summed E-state index contributed by atoms with van der Waals surface area (Å²) >= 11 is 3.43. The monoisotopic (exact) mass is 374 g/mol. The lowest BCUT2D eigenvalue weighted by atomic mass is 10.1. The first kappa shape index (κ1) is 17.2. The molecule has 2 rings (SSSR count). The average molecular weight is 375 g/mol. The molecule has 0 unspecified atom stereocenters. The van der Waals surface area contributed by atoms with Crippen molar-refractivity contribution in [3.63, 3.8) is 0 Å². The Bertz CT molecular complexity index is 714. The van der Waals surface area contributed by atoms with Gasteiger partial charge in [0.15, 0.2) is 0 Å². The van der Waals surface area contributed by atoms with E-state index >= 15 is 0 Å². The lowest BCUT2D eigenvalue weighted by Crippen LogP contribution is -2.18. The van der Waals surface area contributed by atoms with E-state index in [2.05, 4.69) is 33.4 Å². The SMILES string of the molecule is CCCOc1ccc(Br)cc1/C=N/NC(=O)c1ccccc1C.